The Kier molecular flexibility index (Phi) is 9.77. The number of anilines is 1. The van der Waals surface area contributed by atoms with E-state index in [-0.39, 0.29) is 52.1 Å². The molecule has 4 aliphatic heterocycles. The number of fused-ring (bicyclic) bond motifs is 2. The van der Waals surface area contributed by atoms with Crippen molar-refractivity contribution in [3.05, 3.63) is 45.6 Å². The molecule has 0 aliphatic carbocycles. The van der Waals surface area contributed by atoms with Crippen molar-refractivity contribution in [1.82, 2.24) is 20.3 Å². The number of thioether (sulfide) groups is 1. The van der Waals surface area contributed by atoms with Crippen LogP contribution in [0, 0.1) is 5.92 Å². The number of nitrogens with zero attached hydrogens (tertiary/aromatic N) is 5. The van der Waals surface area contributed by atoms with Crippen molar-refractivity contribution in [2.45, 2.75) is 44.1 Å². The van der Waals surface area contributed by atoms with Crippen LogP contribution in [0.1, 0.15) is 59.5 Å². The number of carboxylic acid groups (broad SMARTS) is 2. The Morgan fingerprint density at radius 2 is 1.73 bits per heavy atom. The summed E-state index contributed by atoms with van der Waals surface area (Å²) in [6.07, 6.45) is 1.38. The van der Waals surface area contributed by atoms with Gasteiger partial charge in [0.15, 0.2) is 28.1 Å². The third-order valence-electron chi connectivity index (χ3n) is 9.55. The van der Waals surface area contributed by atoms with Crippen molar-refractivity contribution >= 4 is 69.4 Å². The normalized spacial score (nSPS) is 21.3. The molecule has 2 fully saturated rings. The first-order chi connectivity index (χ1) is 24.5. The molecule has 0 spiro atoms. The summed E-state index contributed by atoms with van der Waals surface area (Å²) in [6.45, 7) is 4.79. The number of carbonyl (C=O) groups is 6. The topological polar surface area (TPSA) is 262 Å². The number of aliphatic carboxylic acids is 2. The molecular weight excluding hydrogens is 723 g/mol. The average Bonchev–Trinajstić information content (AvgIpc) is 3.79. The first kappa shape index (κ1) is 36.7. The predicted molar refractivity (Wildman–Crippen MR) is 184 cm³/mol. The molecule has 6 rings (SSSR count). The number of likely N-dealkylation sites (tertiary alicyclic amines) is 1. The lowest BCUT2D eigenvalue weighted by Crippen LogP contribution is -2.63. The number of imide groups is 1. The summed E-state index contributed by atoms with van der Waals surface area (Å²) in [5, 5.41) is 44.9. The number of carbonyl (C=O) groups excluding carboxylic acids is 4. The van der Waals surface area contributed by atoms with E-state index >= 15 is 0 Å². The number of carboxylic acids is 2. The molecule has 0 radical (unpaired) electrons. The minimum absolute atomic E-state index is 0.0473. The highest BCUT2D eigenvalue weighted by molar-refractivity contribution is 8.00. The van der Waals surface area contributed by atoms with E-state index in [4.69, 9.17) is 10.6 Å². The molecule has 0 saturated carbocycles. The lowest BCUT2D eigenvalue weighted by molar-refractivity contribution is -0.911. The van der Waals surface area contributed by atoms with E-state index in [1.165, 1.54) is 35.9 Å². The Balaban J connectivity index is 1.15. The highest BCUT2D eigenvalue weighted by atomic mass is 32.2. The number of nitrogens with two attached hydrogens (primary N) is 1. The number of nitrogen functional groups attached to an aromatic ring is 1. The molecule has 18 nitrogen and oxygen atoms in total. The smallest absolute Gasteiger partial charge is 0.352 e. The number of thiazole rings is 1. The van der Waals surface area contributed by atoms with E-state index in [0.29, 0.717) is 36.2 Å². The molecule has 7 N–H and O–H groups in total. The van der Waals surface area contributed by atoms with Crippen molar-refractivity contribution in [1.29, 1.82) is 0 Å². The first-order valence-corrected chi connectivity index (χ1v) is 18.1. The first-order valence-electron chi connectivity index (χ1n) is 16.2. The molecule has 4 aliphatic rings. The van der Waals surface area contributed by atoms with Gasteiger partial charge in [-0.3, -0.25) is 24.1 Å². The van der Waals surface area contributed by atoms with E-state index < -0.39 is 63.8 Å². The number of phenols is 2. The number of hydrazine groups is 1. The number of phenolic OH excluding ortho intramolecular Hbond substituents is 2. The lowest BCUT2D eigenvalue weighted by Gasteiger charge is -2.50. The summed E-state index contributed by atoms with van der Waals surface area (Å²) in [5.74, 6) is -6.83. The van der Waals surface area contributed by atoms with Crippen LogP contribution in [0.15, 0.2) is 33.9 Å². The van der Waals surface area contributed by atoms with Crippen LogP contribution < -0.4 is 11.2 Å². The van der Waals surface area contributed by atoms with Gasteiger partial charge in [0.25, 0.3) is 11.8 Å². The standard InChI is InChI=1S/C32H35N7O11S2/c1-32(2,30(48)49)50-36-23(19-14-52-31(33)35-19)22(42)11-18-25(43)37-24(29(46)47)15(13-51-28(18)37)12-39(6-3-4-7-39)8-5-34-38-26(44)16-9-20(40)21(41)10-17(16)27(38)45/h9-10,14,18,28,34H,3-8,11-13H2,1-2H3,(H5-,33,35,36,40,41,42,44,45,46,47,48,49)/p+1/t18-,28-/m1/s1. The number of aromatic nitrogens is 1. The van der Waals surface area contributed by atoms with Crippen LogP contribution in [0.5, 0.6) is 11.5 Å². The molecule has 1 aromatic heterocycles. The maximum Gasteiger partial charge on any atom is 0.352 e. The number of rotatable bonds is 14. The van der Waals surface area contributed by atoms with E-state index in [9.17, 15) is 49.2 Å². The van der Waals surface area contributed by atoms with E-state index in [1.807, 2.05) is 0 Å². The van der Waals surface area contributed by atoms with E-state index in [2.05, 4.69) is 15.6 Å². The second-order valence-corrected chi connectivity index (χ2v) is 15.4. The molecule has 5 heterocycles. The number of amides is 3. The molecule has 1 aromatic carbocycles. The average molecular weight is 759 g/mol. The number of oxime groups is 1. The van der Waals surface area contributed by atoms with Gasteiger partial charge < -0.3 is 35.5 Å². The number of nitrogens with one attached hydrogen (secondary N) is 1. The number of Topliss-reactive ketones (excluding diaryl/α,β-unsaturated/α-hetero) is 1. The highest BCUT2D eigenvalue weighted by Crippen LogP contribution is 2.46. The number of β-lactam (4-membered cyclic amide) rings is 1. The Morgan fingerprint density at radius 1 is 1.10 bits per heavy atom. The summed E-state index contributed by atoms with van der Waals surface area (Å²) >= 11 is 2.37. The van der Waals surface area contributed by atoms with Crippen LogP contribution in [-0.4, -0.2) is 130 Å². The van der Waals surface area contributed by atoms with Gasteiger partial charge in [0.2, 0.25) is 11.5 Å². The third-order valence-corrected chi connectivity index (χ3v) is 11.6. The Hall–Kier alpha value is -5.05. The van der Waals surface area contributed by atoms with Crippen molar-refractivity contribution in [3.63, 3.8) is 0 Å². The van der Waals surface area contributed by atoms with Crippen LogP contribution in [0.2, 0.25) is 0 Å². The summed E-state index contributed by atoms with van der Waals surface area (Å²) in [5.41, 5.74) is 6.88. The molecule has 276 valence electrons. The van der Waals surface area contributed by atoms with Crippen molar-refractivity contribution in [2.75, 3.05) is 44.2 Å². The molecule has 2 atom stereocenters. The molecule has 3 amide bonds. The second kappa shape index (κ2) is 13.8. The van der Waals surface area contributed by atoms with Crippen molar-refractivity contribution < 1.29 is 58.5 Å². The fourth-order valence-electron chi connectivity index (χ4n) is 6.75. The summed E-state index contributed by atoms with van der Waals surface area (Å²) in [6, 6.07) is 2.07. The lowest BCUT2D eigenvalue weighted by atomic mass is 9.89. The van der Waals surface area contributed by atoms with E-state index in [1.54, 1.807) is 0 Å². The van der Waals surface area contributed by atoms with Gasteiger partial charge in [0, 0.05) is 36.0 Å². The van der Waals surface area contributed by atoms with Gasteiger partial charge in [-0.25, -0.2) is 25.0 Å². The quantitative estimate of drug-likeness (QED) is 0.0392. The zero-order chi connectivity index (χ0) is 37.7. The van der Waals surface area contributed by atoms with Gasteiger partial charge >= 0.3 is 11.9 Å². The maximum atomic E-state index is 13.6. The molecule has 0 unspecified atom stereocenters. The number of hydrogen-bond donors (Lipinski definition) is 6. The monoisotopic (exact) mass is 758 g/mol. The summed E-state index contributed by atoms with van der Waals surface area (Å²) < 4.78 is 0.447. The number of benzene rings is 1. The number of hydrogen-bond acceptors (Lipinski definition) is 15. The summed E-state index contributed by atoms with van der Waals surface area (Å²) in [4.78, 5) is 87.5. The van der Waals surface area contributed by atoms with E-state index in [0.717, 1.165) is 41.3 Å². The molecule has 52 heavy (non-hydrogen) atoms. The SMILES string of the molecule is CC(C)(O/N=C(\C(=O)C[C@@H]1C(=O)N2C(C(=O)O)=C(C[N+]3(CCNN4C(=O)c5cc(O)c(O)cc5C4=O)CCCC3)CS[C@H]12)c1csc(N)n1)C(=O)O. The largest absolute Gasteiger partial charge is 0.504 e. The summed E-state index contributed by atoms with van der Waals surface area (Å²) in [7, 11) is 0. The minimum Gasteiger partial charge on any atom is -0.504 e. The molecule has 20 heteroatoms. The zero-order valence-electron chi connectivity index (χ0n) is 28.0. The highest BCUT2D eigenvalue weighted by Gasteiger charge is 2.55. The van der Waals surface area contributed by atoms with Gasteiger partial charge in [0.1, 0.15) is 17.9 Å². The van der Waals surface area contributed by atoms with Gasteiger partial charge in [-0.05, 0) is 26.0 Å². The number of aromatic hydroxyl groups is 2. The van der Waals surface area contributed by atoms with Gasteiger partial charge in [-0.2, -0.15) is 0 Å². The predicted octanol–water partition coefficient (Wildman–Crippen LogP) is 0.961. The fourth-order valence-corrected chi connectivity index (χ4v) is 8.70. The number of quaternary nitrogens is 1. The zero-order valence-corrected chi connectivity index (χ0v) is 29.7. The minimum atomic E-state index is -1.77. The molecule has 2 aromatic rings. The Labute approximate surface area is 304 Å². The van der Waals surface area contributed by atoms with Crippen molar-refractivity contribution in [2.24, 2.45) is 11.1 Å². The molecule has 0 bridgehead atoms. The van der Waals surface area contributed by atoms with Crippen LogP contribution >= 0.6 is 23.1 Å². The van der Waals surface area contributed by atoms with Gasteiger partial charge in [-0.1, -0.05) is 5.16 Å². The molecular formula is C32H36N7O11S2+. The maximum absolute atomic E-state index is 13.6. The molecule has 2 saturated heterocycles. The third kappa shape index (κ3) is 6.69. The van der Waals surface area contributed by atoms with Crippen LogP contribution in [0.4, 0.5) is 5.13 Å². The fraction of sp³-hybridized carbons (Fsp3) is 0.438. The Morgan fingerprint density at radius 3 is 2.29 bits per heavy atom. The van der Waals surface area contributed by atoms with Crippen LogP contribution in [0.25, 0.3) is 0 Å². The van der Waals surface area contributed by atoms with Crippen LogP contribution in [0.3, 0.4) is 0 Å². The second-order valence-electron chi connectivity index (χ2n) is 13.4. The van der Waals surface area contributed by atoms with Gasteiger partial charge in [-0.15, -0.1) is 23.1 Å². The Bertz CT molecular complexity index is 1910. The van der Waals surface area contributed by atoms with Crippen molar-refractivity contribution in [3.8, 4) is 11.5 Å². The number of ketones is 1. The van der Waals surface area contributed by atoms with Crippen LogP contribution in [-0.2, 0) is 24.0 Å². The van der Waals surface area contributed by atoms with Gasteiger partial charge in [0.05, 0.1) is 48.6 Å².